The summed E-state index contributed by atoms with van der Waals surface area (Å²) >= 11 is 0. The Hall–Kier alpha value is -3.12. The molecule has 0 fully saturated rings. The van der Waals surface area contributed by atoms with Gasteiger partial charge in [-0.05, 0) is 30.0 Å². The molecule has 1 aliphatic heterocycles. The van der Waals surface area contributed by atoms with E-state index in [4.69, 9.17) is 10.7 Å². The van der Waals surface area contributed by atoms with Crippen LogP contribution >= 0.6 is 0 Å². The molecular formula is C24H28N4O2. The molecule has 0 saturated heterocycles. The Kier molecular flexibility index (Phi) is 5.59. The van der Waals surface area contributed by atoms with Crippen molar-refractivity contribution in [1.29, 1.82) is 0 Å². The van der Waals surface area contributed by atoms with Crippen molar-refractivity contribution in [3.05, 3.63) is 72.2 Å². The number of phenols is 1. The van der Waals surface area contributed by atoms with Crippen LogP contribution in [0.25, 0.3) is 11.3 Å². The van der Waals surface area contributed by atoms with Gasteiger partial charge in [0.1, 0.15) is 11.6 Å². The van der Waals surface area contributed by atoms with Crippen molar-refractivity contribution in [2.75, 3.05) is 6.54 Å². The lowest BCUT2D eigenvalue weighted by Crippen LogP contribution is -2.51. The number of carbonyl (C=O) groups is 1. The Morgan fingerprint density at radius 2 is 1.83 bits per heavy atom. The third kappa shape index (κ3) is 3.96. The van der Waals surface area contributed by atoms with Crippen molar-refractivity contribution in [3.63, 3.8) is 0 Å². The zero-order valence-electron chi connectivity index (χ0n) is 17.4. The van der Waals surface area contributed by atoms with Gasteiger partial charge in [-0.25, -0.2) is 4.98 Å². The Bertz CT molecular complexity index is 1010. The number of fused-ring (bicyclic) bond motifs is 1. The third-order valence-electron chi connectivity index (χ3n) is 5.68. The first-order chi connectivity index (χ1) is 14.4. The topological polar surface area (TPSA) is 84.4 Å². The van der Waals surface area contributed by atoms with E-state index in [0.29, 0.717) is 19.5 Å². The van der Waals surface area contributed by atoms with E-state index < -0.39 is 6.04 Å². The van der Waals surface area contributed by atoms with Crippen molar-refractivity contribution in [3.8, 4) is 17.0 Å². The summed E-state index contributed by atoms with van der Waals surface area (Å²) in [7, 11) is 0. The van der Waals surface area contributed by atoms with Gasteiger partial charge in [0.25, 0.3) is 0 Å². The average molecular weight is 405 g/mol. The molecule has 6 nitrogen and oxygen atoms in total. The monoisotopic (exact) mass is 404 g/mol. The zero-order valence-corrected chi connectivity index (χ0v) is 17.4. The molecule has 156 valence electrons. The molecule has 3 N–H and O–H groups in total. The van der Waals surface area contributed by atoms with E-state index in [1.54, 1.807) is 24.3 Å². The van der Waals surface area contributed by atoms with E-state index in [1.807, 2.05) is 23.1 Å². The summed E-state index contributed by atoms with van der Waals surface area (Å²) in [6, 6.07) is 16.2. The highest BCUT2D eigenvalue weighted by molar-refractivity contribution is 5.82. The van der Waals surface area contributed by atoms with E-state index in [2.05, 4.69) is 36.7 Å². The number of nitrogens with two attached hydrogens (primary N) is 1. The number of aromatic nitrogens is 2. The van der Waals surface area contributed by atoms with Crippen molar-refractivity contribution in [2.24, 2.45) is 11.7 Å². The maximum absolute atomic E-state index is 13.3. The number of amides is 1. The van der Waals surface area contributed by atoms with Crippen LogP contribution in [0.5, 0.6) is 5.75 Å². The van der Waals surface area contributed by atoms with E-state index in [1.165, 1.54) is 0 Å². The van der Waals surface area contributed by atoms with Gasteiger partial charge in [0.15, 0.2) is 0 Å². The molecule has 0 radical (unpaired) electrons. The van der Waals surface area contributed by atoms with Crippen molar-refractivity contribution >= 4 is 5.91 Å². The number of hydrogen-bond acceptors (Lipinski definition) is 4. The molecule has 0 spiro atoms. The standard InChI is InChI=1S/C24H28N4O2/c1-16(2)22-23-26-21(18-6-4-3-5-7-18)15-27(23)12-13-28(22)24(30)20(25)14-17-8-10-19(29)11-9-17/h3-11,15-16,20,22,29H,12-14,25H2,1-2H3/t20-,22+/m0/s1. The third-order valence-corrected chi connectivity index (χ3v) is 5.68. The average Bonchev–Trinajstić information content (AvgIpc) is 3.19. The van der Waals surface area contributed by atoms with E-state index >= 15 is 0 Å². The van der Waals surface area contributed by atoms with Crippen molar-refractivity contribution < 1.29 is 9.90 Å². The maximum atomic E-state index is 13.3. The Morgan fingerprint density at radius 1 is 1.13 bits per heavy atom. The summed E-state index contributed by atoms with van der Waals surface area (Å²) in [5.41, 5.74) is 9.25. The lowest BCUT2D eigenvalue weighted by Gasteiger charge is -2.39. The Morgan fingerprint density at radius 3 is 2.50 bits per heavy atom. The van der Waals surface area contributed by atoms with Crippen LogP contribution in [0.1, 0.15) is 31.3 Å². The molecule has 30 heavy (non-hydrogen) atoms. The summed E-state index contributed by atoms with van der Waals surface area (Å²) in [4.78, 5) is 20.1. The summed E-state index contributed by atoms with van der Waals surface area (Å²) in [5, 5.41) is 9.46. The van der Waals surface area contributed by atoms with Gasteiger partial charge in [0.2, 0.25) is 5.91 Å². The first kappa shape index (κ1) is 20.2. The van der Waals surface area contributed by atoms with E-state index in [-0.39, 0.29) is 23.6 Å². The molecule has 6 heteroatoms. The van der Waals surface area contributed by atoms with Crippen LogP contribution in [0, 0.1) is 5.92 Å². The summed E-state index contributed by atoms with van der Waals surface area (Å²) in [5.74, 6) is 1.27. The number of aromatic hydroxyl groups is 1. The number of imidazole rings is 1. The summed E-state index contributed by atoms with van der Waals surface area (Å²) in [6.45, 7) is 5.55. The molecule has 1 amide bonds. The fraction of sp³-hybridized carbons (Fsp3) is 0.333. The molecule has 0 saturated carbocycles. The van der Waals surface area contributed by atoms with Crippen LogP contribution in [0.4, 0.5) is 0 Å². The summed E-state index contributed by atoms with van der Waals surface area (Å²) < 4.78 is 2.17. The van der Waals surface area contributed by atoms with Gasteiger partial charge in [-0.3, -0.25) is 4.79 Å². The Labute approximate surface area is 177 Å². The highest BCUT2D eigenvalue weighted by Crippen LogP contribution is 2.34. The van der Waals surface area contributed by atoms with Gasteiger partial charge in [-0.15, -0.1) is 0 Å². The number of nitrogens with zero attached hydrogens (tertiary/aromatic N) is 3. The minimum atomic E-state index is -0.633. The number of phenolic OH excluding ortho intramolecular Hbond substituents is 1. The highest BCUT2D eigenvalue weighted by atomic mass is 16.3. The molecule has 0 bridgehead atoms. The summed E-state index contributed by atoms with van der Waals surface area (Å²) in [6.07, 6.45) is 2.52. The molecule has 2 heterocycles. The first-order valence-electron chi connectivity index (χ1n) is 10.4. The number of hydrogen-bond donors (Lipinski definition) is 2. The lowest BCUT2D eigenvalue weighted by molar-refractivity contribution is -0.137. The Balaban J connectivity index is 1.58. The molecular weight excluding hydrogens is 376 g/mol. The number of rotatable bonds is 5. The van der Waals surface area contributed by atoms with Crippen molar-refractivity contribution in [1.82, 2.24) is 14.5 Å². The first-order valence-corrected chi connectivity index (χ1v) is 10.4. The zero-order chi connectivity index (χ0) is 21.3. The van der Waals surface area contributed by atoms with Crippen LogP contribution in [-0.4, -0.2) is 38.1 Å². The SMILES string of the molecule is CC(C)[C@@H]1c2nc(-c3ccccc3)cn2CCN1C(=O)[C@@H](N)Cc1ccc(O)cc1. The van der Waals surface area contributed by atoms with Gasteiger partial charge < -0.3 is 20.3 Å². The molecule has 2 aromatic carbocycles. The fourth-order valence-corrected chi connectivity index (χ4v) is 4.18. The van der Waals surface area contributed by atoms with Gasteiger partial charge in [-0.2, -0.15) is 0 Å². The molecule has 0 aliphatic carbocycles. The smallest absolute Gasteiger partial charge is 0.240 e. The van der Waals surface area contributed by atoms with Gasteiger partial charge in [0.05, 0.1) is 17.8 Å². The molecule has 4 rings (SSSR count). The number of benzene rings is 2. The van der Waals surface area contributed by atoms with Crippen LogP contribution in [0.15, 0.2) is 60.8 Å². The highest BCUT2D eigenvalue weighted by Gasteiger charge is 2.36. The second kappa shape index (κ2) is 8.32. The predicted molar refractivity (Wildman–Crippen MR) is 117 cm³/mol. The normalized spacial score (nSPS) is 17.1. The quantitative estimate of drug-likeness (QED) is 0.683. The fourth-order valence-electron chi connectivity index (χ4n) is 4.18. The maximum Gasteiger partial charge on any atom is 0.240 e. The molecule has 0 unspecified atom stereocenters. The van der Waals surface area contributed by atoms with E-state index in [0.717, 1.165) is 22.6 Å². The molecule has 3 aromatic rings. The molecule has 1 aromatic heterocycles. The van der Waals surface area contributed by atoms with Gasteiger partial charge >= 0.3 is 0 Å². The van der Waals surface area contributed by atoms with Crippen LogP contribution in [-0.2, 0) is 17.8 Å². The molecule has 2 atom stereocenters. The number of carbonyl (C=O) groups excluding carboxylic acids is 1. The van der Waals surface area contributed by atoms with Crippen molar-refractivity contribution in [2.45, 2.75) is 38.9 Å². The van der Waals surface area contributed by atoms with E-state index in [9.17, 15) is 9.90 Å². The minimum Gasteiger partial charge on any atom is -0.508 e. The van der Waals surface area contributed by atoms with Gasteiger partial charge in [0, 0.05) is 24.8 Å². The largest absolute Gasteiger partial charge is 0.508 e. The molecule has 1 aliphatic rings. The van der Waals surface area contributed by atoms with Crippen LogP contribution < -0.4 is 5.73 Å². The van der Waals surface area contributed by atoms with Crippen LogP contribution in [0.2, 0.25) is 0 Å². The van der Waals surface area contributed by atoms with Crippen LogP contribution in [0.3, 0.4) is 0 Å². The lowest BCUT2D eigenvalue weighted by atomic mass is 9.97. The second-order valence-electron chi connectivity index (χ2n) is 8.24. The second-order valence-corrected chi connectivity index (χ2v) is 8.24. The minimum absolute atomic E-state index is 0.0581. The van der Waals surface area contributed by atoms with Gasteiger partial charge in [-0.1, -0.05) is 56.3 Å². The predicted octanol–water partition coefficient (Wildman–Crippen LogP) is 3.37.